The van der Waals surface area contributed by atoms with Gasteiger partial charge in [-0.05, 0) is 49.7 Å². The summed E-state index contributed by atoms with van der Waals surface area (Å²) in [6.07, 6.45) is 7.76. The van der Waals surface area contributed by atoms with Crippen molar-refractivity contribution in [3.63, 3.8) is 0 Å². The molecule has 41 heavy (non-hydrogen) atoms. The predicted octanol–water partition coefficient (Wildman–Crippen LogP) is 1.43. The van der Waals surface area contributed by atoms with Gasteiger partial charge in [-0.25, -0.2) is 9.50 Å². The minimum atomic E-state index is -0.757. The van der Waals surface area contributed by atoms with Crippen LogP contribution in [-0.4, -0.2) is 85.8 Å². The molecule has 2 N–H and O–H groups in total. The zero-order chi connectivity index (χ0) is 28.5. The van der Waals surface area contributed by atoms with E-state index >= 15 is 0 Å². The molecular formula is C30H35N7O4. The van der Waals surface area contributed by atoms with E-state index in [4.69, 9.17) is 0 Å². The lowest BCUT2D eigenvalue weighted by atomic mass is 9.77. The number of rotatable bonds is 3. The van der Waals surface area contributed by atoms with Crippen molar-refractivity contribution < 1.29 is 19.2 Å². The molecule has 6 rings (SSSR count). The first kappa shape index (κ1) is 26.9. The zero-order valence-electron chi connectivity index (χ0n) is 23.1. The Kier molecular flexibility index (Phi) is 7.42. The molecule has 11 heteroatoms. The van der Waals surface area contributed by atoms with Crippen LogP contribution in [0.1, 0.15) is 48.5 Å². The van der Waals surface area contributed by atoms with Gasteiger partial charge in [-0.1, -0.05) is 30.3 Å². The van der Waals surface area contributed by atoms with Crippen molar-refractivity contribution in [3.05, 3.63) is 66.1 Å². The Bertz CT molecular complexity index is 1460. The van der Waals surface area contributed by atoms with Crippen molar-refractivity contribution >= 4 is 29.3 Å². The number of piperidine rings is 2. The van der Waals surface area contributed by atoms with Crippen LogP contribution in [-0.2, 0) is 20.8 Å². The number of fused-ring (bicyclic) bond motifs is 5. The van der Waals surface area contributed by atoms with Crippen LogP contribution >= 0.6 is 0 Å². The summed E-state index contributed by atoms with van der Waals surface area (Å²) in [5.74, 6) is -0.600. The summed E-state index contributed by atoms with van der Waals surface area (Å²) in [6, 6.07) is 9.77. The van der Waals surface area contributed by atoms with E-state index in [-0.39, 0.29) is 47.9 Å². The molecule has 3 aliphatic rings. The molecule has 0 saturated carbocycles. The van der Waals surface area contributed by atoms with E-state index < -0.39 is 12.1 Å². The molecule has 5 atom stereocenters. The zero-order valence-corrected chi connectivity index (χ0v) is 23.1. The number of hydrogen-bond donors (Lipinski definition) is 2. The molecule has 0 unspecified atom stereocenters. The predicted molar refractivity (Wildman–Crippen MR) is 150 cm³/mol. The quantitative estimate of drug-likeness (QED) is 0.502. The van der Waals surface area contributed by atoms with Gasteiger partial charge in [-0.15, -0.1) is 0 Å². The maximum absolute atomic E-state index is 14.2. The molecule has 4 amide bonds. The van der Waals surface area contributed by atoms with Gasteiger partial charge in [0.2, 0.25) is 17.7 Å². The second-order valence-corrected chi connectivity index (χ2v) is 11.5. The van der Waals surface area contributed by atoms with E-state index in [9.17, 15) is 19.2 Å². The average Bonchev–Trinajstić information content (AvgIpc) is 3.41. The van der Waals surface area contributed by atoms with Crippen molar-refractivity contribution in [1.29, 1.82) is 0 Å². The Balaban J connectivity index is 1.27. The number of carbonyl (C=O) groups excluding carboxylic acids is 4. The lowest BCUT2D eigenvalue weighted by Gasteiger charge is -2.51. The van der Waals surface area contributed by atoms with Crippen LogP contribution in [0.15, 0.2) is 55.0 Å². The lowest BCUT2D eigenvalue weighted by Crippen LogP contribution is -2.63. The molecule has 2 aromatic heterocycles. The third kappa shape index (κ3) is 5.53. The Hall–Kier alpha value is -4.28. The fourth-order valence-corrected chi connectivity index (χ4v) is 6.68. The molecule has 3 fully saturated rings. The highest BCUT2D eigenvalue weighted by atomic mass is 16.2. The van der Waals surface area contributed by atoms with Crippen molar-refractivity contribution in [2.45, 2.75) is 57.2 Å². The molecule has 5 heterocycles. The van der Waals surface area contributed by atoms with Gasteiger partial charge in [0, 0.05) is 50.9 Å². The van der Waals surface area contributed by atoms with Gasteiger partial charge >= 0.3 is 0 Å². The number of amides is 4. The van der Waals surface area contributed by atoms with Crippen LogP contribution in [0, 0.1) is 11.8 Å². The van der Waals surface area contributed by atoms with Crippen molar-refractivity contribution in [3.8, 4) is 0 Å². The first-order valence-corrected chi connectivity index (χ1v) is 14.4. The molecule has 1 aromatic carbocycles. The minimum Gasteiger partial charge on any atom is -0.345 e. The average molecular weight is 558 g/mol. The molecule has 2 bridgehead atoms. The maximum Gasteiger partial charge on any atom is 0.259 e. The summed E-state index contributed by atoms with van der Waals surface area (Å²) >= 11 is 0. The minimum absolute atomic E-state index is 0.0585. The highest BCUT2D eigenvalue weighted by Gasteiger charge is 2.45. The van der Waals surface area contributed by atoms with Gasteiger partial charge in [0.1, 0.15) is 17.6 Å². The molecule has 3 aromatic rings. The molecule has 0 spiro atoms. The van der Waals surface area contributed by atoms with E-state index in [1.54, 1.807) is 36.1 Å². The summed E-state index contributed by atoms with van der Waals surface area (Å²) in [6.45, 7) is 3.18. The Morgan fingerprint density at radius 3 is 2.71 bits per heavy atom. The number of aromatic nitrogens is 3. The van der Waals surface area contributed by atoms with Crippen LogP contribution in [0.4, 0.5) is 0 Å². The molecule has 214 valence electrons. The van der Waals surface area contributed by atoms with E-state index in [1.165, 1.54) is 0 Å². The van der Waals surface area contributed by atoms with Crippen LogP contribution < -0.4 is 10.6 Å². The second-order valence-electron chi connectivity index (χ2n) is 11.5. The number of hydrogen-bond acceptors (Lipinski definition) is 6. The van der Waals surface area contributed by atoms with Crippen LogP contribution in [0.25, 0.3) is 5.65 Å². The van der Waals surface area contributed by atoms with Crippen molar-refractivity contribution in [2.75, 3.05) is 19.6 Å². The highest BCUT2D eigenvalue weighted by Crippen LogP contribution is 2.37. The number of carbonyl (C=O) groups is 4. The van der Waals surface area contributed by atoms with Gasteiger partial charge in [-0.3, -0.25) is 19.2 Å². The van der Waals surface area contributed by atoms with E-state index in [0.717, 1.165) is 12.0 Å². The summed E-state index contributed by atoms with van der Waals surface area (Å²) < 4.78 is 1.60. The molecule has 3 aliphatic heterocycles. The standard InChI is InChI=1S/C30H35N7O4/c1-19-28(39)34-24(14-20-7-3-2-4-8-20)30(41)36-17-21-13-22(25(36)9-5-10-26(38)33-19)18-35(16-21)29(40)23-15-32-37-12-6-11-31-27(23)37/h2-4,6-8,11-12,15,19,21-22,24-25H,5,9-10,13-14,16-18H2,1H3,(H,33,38)(H,34,39)/t19-,21+,22-,24+,25+/m1/s1. The first-order valence-electron chi connectivity index (χ1n) is 14.4. The Morgan fingerprint density at radius 2 is 1.88 bits per heavy atom. The maximum atomic E-state index is 14.2. The van der Waals surface area contributed by atoms with Gasteiger partial charge in [0.25, 0.3) is 5.91 Å². The fraction of sp³-hybridized carbons (Fsp3) is 0.467. The highest BCUT2D eigenvalue weighted by molar-refractivity contribution is 5.99. The second kappa shape index (κ2) is 11.3. The first-order chi connectivity index (χ1) is 19.9. The van der Waals surface area contributed by atoms with Crippen molar-refractivity contribution in [2.24, 2.45) is 11.8 Å². The lowest BCUT2D eigenvalue weighted by molar-refractivity contribution is -0.145. The fourth-order valence-electron chi connectivity index (χ4n) is 6.68. The number of nitrogens with one attached hydrogen (secondary N) is 2. The van der Waals surface area contributed by atoms with Crippen LogP contribution in [0.5, 0.6) is 0 Å². The summed E-state index contributed by atoms with van der Waals surface area (Å²) in [5, 5.41) is 9.99. The third-order valence-corrected chi connectivity index (χ3v) is 8.62. The van der Waals surface area contributed by atoms with E-state index in [2.05, 4.69) is 20.7 Å². The largest absolute Gasteiger partial charge is 0.345 e. The van der Waals surface area contributed by atoms with Crippen molar-refractivity contribution in [1.82, 2.24) is 35.0 Å². The smallest absolute Gasteiger partial charge is 0.259 e. The Morgan fingerprint density at radius 1 is 1.05 bits per heavy atom. The van der Waals surface area contributed by atoms with Gasteiger partial charge in [0.15, 0.2) is 5.65 Å². The topological polar surface area (TPSA) is 129 Å². The summed E-state index contributed by atoms with van der Waals surface area (Å²) in [4.78, 5) is 61.7. The number of nitrogens with zero attached hydrogens (tertiary/aromatic N) is 5. The van der Waals surface area contributed by atoms with Gasteiger partial charge < -0.3 is 20.4 Å². The number of benzene rings is 1. The molecule has 3 saturated heterocycles. The van der Waals surface area contributed by atoms with Gasteiger partial charge in [-0.2, -0.15) is 5.10 Å². The monoisotopic (exact) mass is 557 g/mol. The summed E-state index contributed by atoms with van der Waals surface area (Å²) in [7, 11) is 0. The molecule has 11 nitrogen and oxygen atoms in total. The van der Waals surface area contributed by atoms with E-state index in [0.29, 0.717) is 50.1 Å². The molecule has 0 radical (unpaired) electrons. The molecule has 0 aliphatic carbocycles. The summed E-state index contributed by atoms with van der Waals surface area (Å²) in [5.41, 5.74) is 1.94. The van der Waals surface area contributed by atoms with E-state index in [1.807, 2.05) is 40.1 Å². The molecular weight excluding hydrogens is 522 g/mol. The van der Waals surface area contributed by atoms with Gasteiger partial charge in [0.05, 0.1) is 6.20 Å². The normalized spacial score (nSPS) is 27.3. The van der Waals surface area contributed by atoms with Crippen LogP contribution in [0.2, 0.25) is 0 Å². The third-order valence-electron chi connectivity index (χ3n) is 8.62. The Labute approximate surface area is 238 Å². The van der Waals surface area contributed by atoms with Crippen LogP contribution in [0.3, 0.4) is 0 Å². The SMILES string of the molecule is C[C@H]1NC(=O)CCC[C@H]2[C@@H]3C[C@@H](CN(C(=O)c4cnn5cccnc45)C3)CN2C(=O)[C@H](Cc2ccccc2)NC1=O. The number of likely N-dealkylation sites (tertiary alicyclic amines) is 1.